The van der Waals surface area contributed by atoms with Crippen molar-refractivity contribution in [3.05, 3.63) is 34.5 Å². The summed E-state index contributed by atoms with van der Waals surface area (Å²) in [6, 6.07) is 4.51. The number of carbonyl (C=O) groups is 2. The predicted molar refractivity (Wildman–Crippen MR) is 130 cm³/mol. The lowest BCUT2D eigenvalue weighted by atomic mass is 10.0. The van der Waals surface area contributed by atoms with Gasteiger partial charge in [-0.3, -0.25) is 9.80 Å². The maximum Gasteiger partial charge on any atom is 0.415 e. The number of aliphatic imine (C=N–C) groups is 1. The summed E-state index contributed by atoms with van der Waals surface area (Å²) >= 11 is 1.24. The molecule has 0 unspecified atom stereocenters. The Labute approximate surface area is 203 Å². The van der Waals surface area contributed by atoms with E-state index in [0.717, 1.165) is 51.9 Å². The van der Waals surface area contributed by atoms with Gasteiger partial charge in [0, 0.05) is 37.8 Å². The number of thioether (sulfide) groups is 1. The van der Waals surface area contributed by atoms with E-state index >= 15 is 0 Å². The zero-order valence-corrected chi connectivity index (χ0v) is 20.0. The molecule has 4 aliphatic rings. The molecule has 0 aromatic heterocycles. The molecule has 1 aromatic rings. The molecular weight excluding hydrogens is 457 g/mol. The van der Waals surface area contributed by atoms with Crippen molar-refractivity contribution in [2.75, 3.05) is 39.3 Å². The summed E-state index contributed by atoms with van der Waals surface area (Å²) in [5, 5.41) is 2.47. The molecule has 0 aliphatic carbocycles. The zero-order chi connectivity index (χ0) is 23.5. The quantitative estimate of drug-likeness (QED) is 0.655. The molecule has 0 saturated carbocycles. The van der Waals surface area contributed by atoms with Gasteiger partial charge < -0.3 is 14.5 Å². The van der Waals surface area contributed by atoms with Gasteiger partial charge in [0.2, 0.25) is 0 Å². The number of hydrogen-bond donors (Lipinski definition) is 1. The van der Waals surface area contributed by atoms with Gasteiger partial charge in [-0.25, -0.2) is 14.6 Å². The summed E-state index contributed by atoms with van der Waals surface area (Å²) in [6.45, 7) is 5.21. The van der Waals surface area contributed by atoms with E-state index in [9.17, 15) is 14.0 Å². The van der Waals surface area contributed by atoms with Crippen molar-refractivity contribution in [1.29, 1.82) is 0 Å². The molecular formula is C24H30FN5O3S. The van der Waals surface area contributed by atoms with E-state index in [1.54, 1.807) is 11.0 Å². The number of nitrogens with one attached hydrogen (secondary N) is 1. The van der Waals surface area contributed by atoms with Crippen LogP contribution in [0.2, 0.25) is 0 Å². The number of halogens is 1. The SMILES string of the molecule is O=C1N=C(N2CCCCN2)SC1=Cc1cc(F)ccc1OC(=O)N1CCC(N2CCCC2)CC1. The maximum atomic E-state index is 14.0. The molecule has 8 nitrogen and oxygen atoms in total. The van der Waals surface area contributed by atoms with Crippen LogP contribution in [0.3, 0.4) is 0 Å². The Balaban J connectivity index is 1.24. The van der Waals surface area contributed by atoms with Crippen molar-refractivity contribution in [3.8, 4) is 5.75 Å². The van der Waals surface area contributed by atoms with Crippen LogP contribution in [0.5, 0.6) is 5.75 Å². The van der Waals surface area contributed by atoms with Crippen molar-refractivity contribution in [3.63, 3.8) is 0 Å². The van der Waals surface area contributed by atoms with Gasteiger partial charge in [0.25, 0.3) is 5.91 Å². The highest BCUT2D eigenvalue weighted by atomic mass is 32.2. The molecule has 0 atom stereocenters. The number of ether oxygens (including phenoxy) is 1. The van der Waals surface area contributed by atoms with E-state index in [1.165, 1.54) is 42.8 Å². The second-order valence-corrected chi connectivity index (χ2v) is 10.1. The zero-order valence-electron chi connectivity index (χ0n) is 19.2. The first-order valence-corrected chi connectivity index (χ1v) is 12.9. The highest BCUT2D eigenvalue weighted by Crippen LogP contribution is 2.33. The molecule has 5 rings (SSSR count). The second kappa shape index (κ2) is 10.5. The summed E-state index contributed by atoms with van der Waals surface area (Å²) in [6.07, 6.45) is 7.61. The summed E-state index contributed by atoms with van der Waals surface area (Å²) in [5.41, 5.74) is 3.58. The molecule has 1 N–H and O–H groups in total. The lowest BCUT2D eigenvalue weighted by molar-refractivity contribution is -0.113. The highest BCUT2D eigenvalue weighted by molar-refractivity contribution is 8.18. The third kappa shape index (κ3) is 5.29. The van der Waals surface area contributed by atoms with Gasteiger partial charge in [0.05, 0.1) is 4.91 Å². The molecule has 3 saturated heterocycles. The average molecular weight is 488 g/mol. The number of nitrogens with zero attached hydrogens (tertiary/aromatic N) is 4. The van der Waals surface area contributed by atoms with E-state index in [4.69, 9.17) is 4.74 Å². The number of carbonyl (C=O) groups excluding carboxylic acids is 2. The number of amidine groups is 1. The van der Waals surface area contributed by atoms with Crippen molar-refractivity contribution in [2.24, 2.45) is 4.99 Å². The van der Waals surface area contributed by atoms with Crippen LogP contribution in [0, 0.1) is 5.82 Å². The van der Waals surface area contributed by atoms with Crippen LogP contribution >= 0.6 is 11.8 Å². The minimum Gasteiger partial charge on any atom is -0.410 e. The first-order valence-electron chi connectivity index (χ1n) is 12.1. The maximum absolute atomic E-state index is 14.0. The van der Waals surface area contributed by atoms with Gasteiger partial charge in [-0.05, 0) is 87.7 Å². The third-order valence-corrected chi connectivity index (χ3v) is 7.79. The summed E-state index contributed by atoms with van der Waals surface area (Å²) < 4.78 is 19.7. The Hall–Kier alpha value is -2.43. The topological polar surface area (TPSA) is 77.5 Å². The first-order chi connectivity index (χ1) is 16.6. The largest absolute Gasteiger partial charge is 0.415 e. The van der Waals surface area contributed by atoms with Gasteiger partial charge in [-0.1, -0.05) is 0 Å². The Morgan fingerprint density at radius 3 is 2.62 bits per heavy atom. The molecule has 10 heteroatoms. The van der Waals surface area contributed by atoms with Gasteiger partial charge in [-0.15, -0.1) is 0 Å². The van der Waals surface area contributed by atoms with E-state index in [-0.39, 0.29) is 11.7 Å². The molecule has 0 bridgehead atoms. The van der Waals surface area contributed by atoms with Crippen molar-refractivity contribution < 1.29 is 18.7 Å². The Kier molecular flexibility index (Phi) is 7.17. The number of likely N-dealkylation sites (tertiary alicyclic amines) is 2. The van der Waals surface area contributed by atoms with Gasteiger partial charge >= 0.3 is 6.09 Å². The van der Waals surface area contributed by atoms with E-state index < -0.39 is 11.9 Å². The van der Waals surface area contributed by atoms with Crippen molar-refractivity contribution >= 4 is 35.0 Å². The molecule has 182 valence electrons. The van der Waals surface area contributed by atoms with Crippen LogP contribution in [0.1, 0.15) is 44.1 Å². The van der Waals surface area contributed by atoms with Crippen LogP contribution < -0.4 is 10.2 Å². The number of amides is 2. The molecule has 34 heavy (non-hydrogen) atoms. The third-order valence-electron chi connectivity index (χ3n) is 6.79. The molecule has 3 fully saturated rings. The fourth-order valence-electron chi connectivity index (χ4n) is 4.91. The fraction of sp³-hybridized carbons (Fsp3) is 0.542. The normalized spacial score (nSPS) is 23.6. The molecule has 1 aromatic carbocycles. The lowest BCUT2D eigenvalue weighted by Gasteiger charge is -2.36. The Morgan fingerprint density at radius 2 is 1.88 bits per heavy atom. The van der Waals surface area contributed by atoms with Crippen LogP contribution in [0.15, 0.2) is 28.1 Å². The average Bonchev–Trinajstić information content (AvgIpc) is 3.52. The molecule has 4 aliphatic heterocycles. The van der Waals surface area contributed by atoms with Crippen LogP contribution in [0.4, 0.5) is 9.18 Å². The van der Waals surface area contributed by atoms with E-state index in [2.05, 4.69) is 15.3 Å². The van der Waals surface area contributed by atoms with Gasteiger partial charge in [0.15, 0.2) is 5.17 Å². The van der Waals surface area contributed by atoms with Gasteiger partial charge in [-0.2, -0.15) is 4.99 Å². The number of hydrogen-bond acceptors (Lipinski definition) is 7. The van der Waals surface area contributed by atoms with Gasteiger partial charge in [0.1, 0.15) is 11.6 Å². The molecule has 2 amide bonds. The molecule has 0 radical (unpaired) electrons. The standard InChI is InChI=1S/C24H30FN5O3S/c25-18-5-6-20(33-24(32)29-13-7-19(8-14-29)28-10-3-4-11-28)17(15-18)16-21-22(31)27-23(34-21)30-12-2-1-9-26-30/h5-6,15-16,19,26H,1-4,7-14H2. The smallest absolute Gasteiger partial charge is 0.410 e. The van der Waals surface area contributed by atoms with E-state index in [1.807, 2.05) is 5.01 Å². The first kappa shape index (κ1) is 23.3. The van der Waals surface area contributed by atoms with Crippen molar-refractivity contribution in [1.82, 2.24) is 20.2 Å². The Bertz CT molecular complexity index is 996. The van der Waals surface area contributed by atoms with Crippen molar-refractivity contribution in [2.45, 2.75) is 44.6 Å². The lowest BCUT2D eigenvalue weighted by Crippen LogP contribution is -2.46. The number of benzene rings is 1. The van der Waals surface area contributed by atoms with Crippen LogP contribution in [-0.2, 0) is 4.79 Å². The second-order valence-electron chi connectivity index (χ2n) is 9.09. The highest BCUT2D eigenvalue weighted by Gasteiger charge is 2.30. The van der Waals surface area contributed by atoms with Crippen LogP contribution in [0.25, 0.3) is 6.08 Å². The minimum atomic E-state index is -0.465. The number of piperidine rings is 1. The Morgan fingerprint density at radius 1 is 1.12 bits per heavy atom. The fourth-order valence-corrected chi connectivity index (χ4v) is 5.82. The monoisotopic (exact) mass is 487 g/mol. The molecule has 0 spiro atoms. The molecule has 4 heterocycles. The summed E-state index contributed by atoms with van der Waals surface area (Å²) in [7, 11) is 0. The number of rotatable bonds is 3. The van der Waals surface area contributed by atoms with E-state index in [0.29, 0.717) is 34.8 Å². The summed E-state index contributed by atoms with van der Waals surface area (Å²) in [4.78, 5) is 34.1. The number of hydrazine groups is 1. The minimum absolute atomic E-state index is 0.235. The van der Waals surface area contributed by atoms with Crippen LogP contribution in [-0.4, -0.2) is 77.3 Å². The predicted octanol–water partition coefficient (Wildman–Crippen LogP) is 3.46. The summed E-state index contributed by atoms with van der Waals surface area (Å²) in [5.74, 6) is -0.608.